The van der Waals surface area contributed by atoms with Crippen LogP contribution in [-0.2, 0) is 10.9 Å². The number of benzene rings is 1. The number of methoxy groups -OCH3 is 2. The van der Waals surface area contributed by atoms with E-state index in [1.165, 1.54) is 38.5 Å². The molecule has 0 saturated heterocycles. The molecule has 12 heteroatoms. The zero-order valence-corrected chi connectivity index (χ0v) is 16.7. The number of aromatic nitrogens is 3. The van der Waals surface area contributed by atoms with E-state index < -0.39 is 23.6 Å². The molecule has 9 nitrogen and oxygen atoms in total. The van der Waals surface area contributed by atoms with Gasteiger partial charge in [0.2, 0.25) is 5.88 Å². The fraction of sp³-hybridized carbons (Fsp3) is 0.150. The van der Waals surface area contributed by atoms with Crippen molar-refractivity contribution in [2.75, 3.05) is 24.9 Å². The van der Waals surface area contributed by atoms with Gasteiger partial charge in [0.05, 0.1) is 36.7 Å². The maximum absolute atomic E-state index is 13.2. The van der Waals surface area contributed by atoms with Gasteiger partial charge in [0.25, 0.3) is 5.91 Å². The first kappa shape index (κ1) is 22.5. The number of carbonyl (C=O) groups is 2. The second-order valence-corrected chi connectivity index (χ2v) is 6.22. The molecule has 0 bridgehead atoms. The maximum Gasteiger partial charge on any atom is 0.416 e. The fourth-order valence-electron chi connectivity index (χ4n) is 2.52. The number of anilines is 3. The minimum absolute atomic E-state index is 0.114. The molecule has 0 saturated carbocycles. The number of nitrogens with one attached hydrogen (secondary N) is 2. The average molecular weight is 447 g/mol. The number of hydrogen-bond donors (Lipinski definition) is 2. The van der Waals surface area contributed by atoms with Crippen molar-refractivity contribution in [2.45, 2.75) is 6.18 Å². The summed E-state index contributed by atoms with van der Waals surface area (Å²) in [5.74, 6) is -0.974. The van der Waals surface area contributed by atoms with Crippen LogP contribution in [-0.4, -0.2) is 41.3 Å². The summed E-state index contributed by atoms with van der Waals surface area (Å²) < 4.78 is 49.1. The molecule has 32 heavy (non-hydrogen) atoms. The number of amides is 1. The molecule has 0 aliphatic carbocycles. The fourth-order valence-corrected chi connectivity index (χ4v) is 2.52. The minimum atomic E-state index is -4.63. The van der Waals surface area contributed by atoms with Gasteiger partial charge in [0.1, 0.15) is 5.69 Å². The van der Waals surface area contributed by atoms with Crippen molar-refractivity contribution < 1.29 is 32.2 Å². The topological polar surface area (TPSA) is 115 Å². The number of carbonyl (C=O) groups excluding carboxylic acids is 2. The highest BCUT2D eigenvalue weighted by molar-refractivity contribution is 6.05. The van der Waals surface area contributed by atoms with Gasteiger partial charge in [0, 0.05) is 12.3 Å². The predicted molar refractivity (Wildman–Crippen MR) is 107 cm³/mol. The lowest BCUT2D eigenvalue weighted by Gasteiger charge is -2.15. The molecule has 0 aliphatic heterocycles. The normalized spacial score (nSPS) is 10.9. The predicted octanol–water partition coefficient (Wildman–Crippen LogP) is 3.68. The number of pyridine rings is 1. The van der Waals surface area contributed by atoms with Crippen molar-refractivity contribution in [2.24, 2.45) is 0 Å². The Hall–Kier alpha value is -4.22. The van der Waals surface area contributed by atoms with Crippen molar-refractivity contribution >= 4 is 29.1 Å². The van der Waals surface area contributed by atoms with Gasteiger partial charge in [-0.1, -0.05) is 0 Å². The van der Waals surface area contributed by atoms with Gasteiger partial charge in [-0.25, -0.2) is 4.79 Å². The standard InChI is InChI=1S/C20H16F3N5O4/c1-31-17-8-7-16(27-28-17)25-13-6-4-12(20(21,22)23)9-15(13)26-18(29)14-5-3-11(10-24-14)19(30)32-2/h3-10H,1-2H3,(H,25,27)(H,26,29). The van der Waals surface area contributed by atoms with Gasteiger partial charge >= 0.3 is 12.1 Å². The summed E-state index contributed by atoms with van der Waals surface area (Å²) in [6.45, 7) is 0. The zero-order valence-electron chi connectivity index (χ0n) is 16.7. The van der Waals surface area contributed by atoms with Crippen LogP contribution in [0.4, 0.5) is 30.4 Å². The third-order valence-electron chi connectivity index (χ3n) is 4.12. The molecule has 2 N–H and O–H groups in total. The van der Waals surface area contributed by atoms with Crippen LogP contribution in [0.15, 0.2) is 48.7 Å². The first-order chi connectivity index (χ1) is 15.2. The van der Waals surface area contributed by atoms with Crippen molar-refractivity contribution in [3.63, 3.8) is 0 Å². The van der Waals surface area contributed by atoms with Gasteiger partial charge in [-0.15, -0.1) is 10.2 Å². The van der Waals surface area contributed by atoms with Crippen LogP contribution in [0.2, 0.25) is 0 Å². The molecule has 3 rings (SSSR count). The smallest absolute Gasteiger partial charge is 0.416 e. The van der Waals surface area contributed by atoms with E-state index in [4.69, 9.17) is 4.74 Å². The summed E-state index contributed by atoms with van der Waals surface area (Å²) in [6, 6.07) is 8.35. The number of hydrogen-bond acceptors (Lipinski definition) is 8. The Morgan fingerprint density at radius 1 is 0.969 bits per heavy atom. The third kappa shape index (κ3) is 5.28. The van der Waals surface area contributed by atoms with Crippen molar-refractivity contribution in [1.82, 2.24) is 15.2 Å². The first-order valence-electron chi connectivity index (χ1n) is 8.93. The lowest BCUT2D eigenvalue weighted by atomic mass is 10.1. The highest BCUT2D eigenvalue weighted by atomic mass is 19.4. The SMILES string of the molecule is COC(=O)c1ccc(C(=O)Nc2cc(C(F)(F)F)ccc2Nc2ccc(OC)nn2)nc1. The Kier molecular flexibility index (Phi) is 6.52. The molecule has 0 radical (unpaired) electrons. The van der Waals surface area contributed by atoms with Gasteiger partial charge in [-0.2, -0.15) is 13.2 Å². The van der Waals surface area contributed by atoms with Crippen molar-refractivity contribution in [1.29, 1.82) is 0 Å². The van der Waals surface area contributed by atoms with Crippen LogP contribution in [0.3, 0.4) is 0 Å². The van der Waals surface area contributed by atoms with Crippen LogP contribution < -0.4 is 15.4 Å². The summed E-state index contributed by atoms with van der Waals surface area (Å²) in [5, 5.41) is 12.8. The highest BCUT2D eigenvalue weighted by Crippen LogP contribution is 2.35. The average Bonchev–Trinajstić information content (AvgIpc) is 2.79. The monoisotopic (exact) mass is 447 g/mol. The molecule has 0 aliphatic rings. The summed E-state index contributed by atoms with van der Waals surface area (Å²) in [4.78, 5) is 27.9. The van der Waals surface area contributed by atoms with E-state index >= 15 is 0 Å². The molecule has 0 atom stereocenters. The van der Waals surface area contributed by atoms with Gasteiger partial charge in [-0.3, -0.25) is 9.78 Å². The molecule has 0 fully saturated rings. The molecule has 1 aromatic carbocycles. The van der Waals surface area contributed by atoms with Gasteiger partial charge in [0.15, 0.2) is 5.82 Å². The second kappa shape index (κ2) is 9.29. The van der Waals surface area contributed by atoms with Crippen LogP contribution in [0.5, 0.6) is 5.88 Å². The zero-order chi connectivity index (χ0) is 23.3. The van der Waals surface area contributed by atoms with E-state index in [1.807, 2.05) is 0 Å². The molecule has 3 aromatic rings. The van der Waals surface area contributed by atoms with Gasteiger partial charge in [-0.05, 0) is 36.4 Å². The van der Waals surface area contributed by atoms with E-state index in [9.17, 15) is 22.8 Å². The molecule has 2 heterocycles. The van der Waals surface area contributed by atoms with E-state index in [-0.39, 0.29) is 34.3 Å². The maximum atomic E-state index is 13.2. The Balaban J connectivity index is 1.89. The lowest BCUT2D eigenvalue weighted by Crippen LogP contribution is -2.16. The Bertz CT molecular complexity index is 1120. The molecule has 0 unspecified atom stereocenters. The lowest BCUT2D eigenvalue weighted by molar-refractivity contribution is -0.137. The summed E-state index contributed by atoms with van der Waals surface area (Å²) in [7, 11) is 2.60. The number of esters is 1. The van der Waals surface area contributed by atoms with Crippen LogP contribution in [0.25, 0.3) is 0 Å². The third-order valence-corrected chi connectivity index (χ3v) is 4.12. The number of nitrogens with zero attached hydrogens (tertiary/aromatic N) is 3. The quantitative estimate of drug-likeness (QED) is 0.550. The summed E-state index contributed by atoms with van der Waals surface area (Å²) in [6.07, 6.45) is -3.50. The second-order valence-electron chi connectivity index (χ2n) is 6.22. The Morgan fingerprint density at radius 2 is 1.75 bits per heavy atom. The van der Waals surface area contributed by atoms with Crippen LogP contribution >= 0.6 is 0 Å². The molecular formula is C20H16F3N5O4. The largest absolute Gasteiger partial charge is 0.480 e. The molecule has 166 valence electrons. The molecule has 1 amide bonds. The van der Waals surface area contributed by atoms with E-state index in [2.05, 4.69) is 30.6 Å². The van der Waals surface area contributed by atoms with Crippen molar-refractivity contribution in [3.05, 3.63) is 65.5 Å². The molecule has 0 spiro atoms. The van der Waals surface area contributed by atoms with Crippen molar-refractivity contribution in [3.8, 4) is 5.88 Å². The first-order valence-corrected chi connectivity index (χ1v) is 8.93. The molecule has 2 aromatic heterocycles. The van der Waals surface area contributed by atoms with Gasteiger partial charge < -0.3 is 20.1 Å². The van der Waals surface area contributed by atoms with Crippen LogP contribution in [0, 0.1) is 0 Å². The summed E-state index contributed by atoms with van der Waals surface area (Å²) in [5.41, 5.74) is -1.000. The van der Waals surface area contributed by atoms with E-state index in [1.54, 1.807) is 0 Å². The Labute approximate surface area is 179 Å². The van der Waals surface area contributed by atoms with E-state index in [0.717, 1.165) is 24.4 Å². The number of alkyl halides is 3. The van der Waals surface area contributed by atoms with E-state index in [0.29, 0.717) is 0 Å². The number of rotatable bonds is 6. The van der Waals surface area contributed by atoms with Crippen LogP contribution in [0.1, 0.15) is 26.4 Å². The highest BCUT2D eigenvalue weighted by Gasteiger charge is 2.31. The Morgan fingerprint density at radius 3 is 2.31 bits per heavy atom. The summed E-state index contributed by atoms with van der Waals surface area (Å²) >= 11 is 0. The minimum Gasteiger partial charge on any atom is -0.480 e. The number of halogens is 3. The number of ether oxygens (including phenoxy) is 2. The molecular weight excluding hydrogens is 431 g/mol.